The molecule has 0 aliphatic heterocycles. The molecule has 0 fully saturated rings. The molecule has 0 unspecified atom stereocenters. The first-order valence-electron chi connectivity index (χ1n) is 10.9. The Morgan fingerprint density at radius 2 is 1.37 bits per heavy atom. The summed E-state index contributed by atoms with van der Waals surface area (Å²) in [4.78, 5) is 11.7. The Morgan fingerprint density at radius 3 is 1.83 bits per heavy atom. The van der Waals surface area contributed by atoms with E-state index in [1.165, 1.54) is 10.4 Å². The summed E-state index contributed by atoms with van der Waals surface area (Å²) in [5, 5.41) is 2.61. The lowest BCUT2D eigenvalue weighted by Crippen LogP contribution is -2.66. The molecule has 2 aromatic rings. The average Bonchev–Trinajstić information content (AvgIpc) is 2.75. The van der Waals surface area contributed by atoms with Crippen LogP contribution in [0, 0.1) is 0 Å². The second-order valence-electron chi connectivity index (χ2n) is 8.68. The number of hydrogen-bond donors (Lipinski definition) is 0. The van der Waals surface area contributed by atoms with Crippen LogP contribution < -0.4 is 10.4 Å². The Hall–Kier alpha value is -2.17. The van der Waals surface area contributed by atoms with Gasteiger partial charge in [-0.3, -0.25) is 0 Å². The first-order valence-corrected chi connectivity index (χ1v) is 12.8. The first kappa shape index (κ1) is 24.1. The summed E-state index contributed by atoms with van der Waals surface area (Å²) in [5.41, 5.74) is 0.657. The van der Waals surface area contributed by atoms with E-state index in [0.717, 1.165) is 19.3 Å². The van der Waals surface area contributed by atoms with Crippen molar-refractivity contribution in [2.24, 2.45) is 0 Å². The van der Waals surface area contributed by atoms with Gasteiger partial charge in [0.05, 0.1) is 6.61 Å². The summed E-state index contributed by atoms with van der Waals surface area (Å²) in [6, 6.07) is 21.4. The van der Waals surface area contributed by atoms with Crippen molar-refractivity contribution in [2.45, 2.75) is 58.9 Å². The normalized spacial score (nSPS) is 12.6. The van der Waals surface area contributed by atoms with E-state index in [1.54, 1.807) is 13.0 Å². The first-order chi connectivity index (χ1) is 14.3. The molecule has 2 rings (SSSR count). The highest BCUT2D eigenvalue weighted by Gasteiger charge is 2.49. The second-order valence-corrected chi connectivity index (χ2v) is 13.0. The molecule has 0 heterocycles. The molecular formula is C26H36O3Si. The number of carbonyl (C=O) groups is 1. The second kappa shape index (κ2) is 11.3. The number of carbonyl (C=O) groups excluding carboxylic acids is 1. The number of allylic oxidation sites excluding steroid dienone is 1. The third-order valence-corrected chi connectivity index (χ3v) is 10.6. The third kappa shape index (κ3) is 5.93. The number of rotatable bonds is 10. The van der Waals surface area contributed by atoms with Crippen LogP contribution in [-0.2, 0) is 14.0 Å². The van der Waals surface area contributed by atoms with Gasteiger partial charge in [0.1, 0.15) is 0 Å². The van der Waals surface area contributed by atoms with Gasteiger partial charge in [0.25, 0.3) is 8.32 Å². The van der Waals surface area contributed by atoms with Gasteiger partial charge in [0.15, 0.2) is 0 Å². The fraction of sp³-hybridized carbons (Fsp3) is 0.423. The summed E-state index contributed by atoms with van der Waals surface area (Å²) in [6.07, 6.45) is 4.55. The van der Waals surface area contributed by atoms with Gasteiger partial charge in [-0.1, -0.05) is 87.5 Å². The van der Waals surface area contributed by atoms with Gasteiger partial charge in [0, 0.05) is 12.2 Å². The highest BCUT2D eigenvalue weighted by Crippen LogP contribution is 2.36. The molecule has 0 amide bonds. The van der Waals surface area contributed by atoms with Gasteiger partial charge in [-0.15, -0.1) is 0 Å². The maximum Gasteiger partial charge on any atom is 0.333 e. The van der Waals surface area contributed by atoms with Crippen LogP contribution in [0.3, 0.4) is 0 Å². The topological polar surface area (TPSA) is 35.5 Å². The summed E-state index contributed by atoms with van der Waals surface area (Å²) in [6.45, 7) is 11.7. The van der Waals surface area contributed by atoms with Crippen LogP contribution in [0.2, 0.25) is 5.04 Å². The Morgan fingerprint density at radius 1 is 0.867 bits per heavy atom. The van der Waals surface area contributed by atoms with E-state index >= 15 is 0 Å². The maximum atomic E-state index is 11.7. The van der Waals surface area contributed by atoms with Gasteiger partial charge in [0.2, 0.25) is 0 Å². The molecule has 30 heavy (non-hydrogen) atoms. The van der Waals surface area contributed by atoms with Gasteiger partial charge in [-0.2, -0.15) is 0 Å². The fourth-order valence-electron chi connectivity index (χ4n) is 3.76. The number of benzene rings is 2. The minimum atomic E-state index is -2.45. The van der Waals surface area contributed by atoms with Crippen LogP contribution in [0.5, 0.6) is 0 Å². The zero-order chi connectivity index (χ0) is 22.0. The number of hydrogen-bond acceptors (Lipinski definition) is 3. The zero-order valence-electron chi connectivity index (χ0n) is 19.1. The molecule has 0 atom stereocenters. The van der Waals surface area contributed by atoms with Crippen molar-refractivity contribution in [3.05, 3.63) is 72.3 Å². The van der Waals surface area contributed by atoms with E-state index in [9.17, 15) is 4.79 Å². The molecule has 0 N–H and O–H groups in total. The van der Waals surface area contributed by atoms with Crippen molar-refractivity contribution in [2.75, 3.05) is 13.2 Å². The van der Waals surface area contributed by atoms with Gasteiger partial charge >= 0.3 is 5.97 Å². The van der Waals surface area contributed by atoms with E-state index in [1.807, 2.05) is 6.92 Å². The van der Waals surface area contributed by atoms with Crippen molar-refractivity contribution in [1.82, 2.24) is 0 Å². The number of unbranched alkanes of at least 4 members (excludes halogenated alkanes) is 2. The van der Waals surface area contributed by atoms with Crippen LogP contribution in [0.15, 0.2) is 72.3 Å². The van der Waals surface area contributed by atoms with E-state index in [0.29, 0.717) is 18.8 Å². The maximum absolute atomic E-state index is 11.7. The molecule has 0 spiro atoms. The summed E-state index contributed by atoms with van der Waals surface area (Å²) in [5.74, 6) is -0.221. The molecule has 0 bridgehead atoms. The Bertz CT molecular complexity index is 768. The highest BCUT2D eigenvalue weighted by molar-refractivity contribution is 6.99. The molecule has 0 saturated carbocycles. The predicted molar refractivity (Wildman–Crippen MR) is 128 cm³/mol. The van der Waals surface area contributed by atoms with Crippen molar-refractivity contribution in [3.8, 4) is 0 Å². The lowest BCUT2D eigenvalue weighted by Gasteiger charge is -2.43. The van der Waals surface area contributed by atoms with Gasteiger partial charge in [-0.25, -0.2) is 4.79 Å². The van der Waals surface area contributed by atoms with Crippen LogP contribution in [0.4, 0.5) is 0 Å². The SMILES string of the molecule is C/C=C(\C)C(=O)OCCCCCO[Si](c1ccccc1)(c1ccccc1)C(C)(C)C. The Labute approximate surface area is 183 Å². The molecule has 162 valence electrons. The summed E-state index contributed by atoms with van der Waals surface area (Å²) >= 11 is 0. The van der Waals surface area contributed by atoms with Gasteiger partial charge in [-0.05, 0) is 48.5 Å². The third-order valence-electron chi connectivity index (χ3n) is 5.51. The van der Waals surface area contributed by atoms with E-state index in [4.69, 9.17) is 9.16 Å². The number of esters is 1. The summed E-state index contributed by atoms with van der Waals surface area (Å²) < 4.78 is 12.2. The average molecular weight is 425 g/mol. The van der Waals surface area contributed by atoms with Crippen LogP contribution >= 0.6 is 0 Å². The van der Waals surface area contributed by atoms with Crippen LogP contribution in [0.1, 0.15) is 53.9 Å². The standard InChI is InChI=1S/C26H36O3Si/c1-6-22(2)25(27)28-20-14-9-15-21-29-30(26(3,4)5,23-16-10-7-11-17-23)24-18-12-8-13-19-24/h6-8,10-13,16-19H,9,14-15,20-21H2,1-5H3/b22-6+. The lowest BCUT2D eigenvalue weighted by molar-refractivity contribution is -0.139. The predicted octanol–water partition coefficient (Wildman–Crippen LogP) is 5.24. The highest BCUT2D eigenvalue weighted by atomic mass is 28.4. The molecule has 2 aromatic carbocycles. The molecular weight excluding hydrogens is 388 g/mol. The Balaban J connectivity index is 2.06. The van der Waals surface area contributed by atoms with Crippen molar-refractivity contribution < 1.29 is 14.0 Å². The van der Waals surface area contributed by atoms with Crippen LogP contribution in [0.25, 0.3) is 0 Å². The smallest absolute Gasteiger partial charge is 0.333 e. The van der Waals surface area contributed by atoms with Gasteiger partial charge < -0.3 is 9.16 Å². The quantitative estimate of drug-likeness (QED) is 0.226. The lowest BCUT2D eigenvalue weighted by atomic mass is 10.2. The molecule has 0 radical (unpaired) electrons. The van der Waals surface area contributed by atoms with Crippen molar-refractivity contribution in [1.29, 1.82) is 0 Å². The summed E-state index contributed by atoms with van der Waals surface area (Å²) in [7, 11) is -2.45. The fourth-order valence-corrected chi connectivity index (χ4v) is 8.37. The largest absolute Gasteiger partial charge is 0.462 e. The monoisotopic (exact) mass is 424 g/mol. The van der Waals surface area contributed by atoms with E-state index < -0.39 is 8.32 Å². The molecule has 0 saturated heterocycles. The molecule has 0 aliphatic carbocycles. The van der Waals surface area contributed by atoms with Crippen LogP contribution in [-0.4, -0.2) is 27.5 Å². The molecule has 4 heteroatoms. The Kier molecular flexibility index (Phi) is 9.06. The minimum Gasteiger partial charge on any atom is -0.462 e. The number of ether oxygens (including phenoxy) is 1. The molecule has 0 aromatic heterocycles. The van der Waals surface area contributed by atoms with E-state index in [-0.39, 0.29) is 11.0 Å². The van der Waals surface area contributed by atoms with Crippen molar-refractivity contribution >= 4 is 24.7 Å². The van der Waals surface area contributed by atoms with E-state index in [2.05, 4.69) is 81.4 Å². The minimum absolute atomic E-state index is 0.00471. The zero-order valence-corrected chi connectivity index (χ0v) is 20.1. The molecule has 3 nitrogen and oxygen atoms in total. The van der Waals surface area contributed by atoms with Crippen molar-refractivity contribution in [3.63, 3.8) is 0 Å². The molecule has 0 aliphatic rings.